The van der Waals surface area contributed by atoms with Crippen LogP contribution in [0.1, 0.15) is 38.3 Å². The molecule has 2 rings (SSSR count). The van der Waals surface area contributed by atoms with Crippen LogP contribution in [0.3, 0.4) is 0 Å². The zero-order chi connectivity index (χ0) is 18.0. The monoisotopic (exact) mass is 352 g/mol. The van der Waals surface area contributed by atoms with Gasteiger partial charge in [0.15, 0.2) is 9.84 Å². The number of sulfone groups is 1. The molecule has 5 nitrogen and oxygen atoms in total. The minimum Gasteiger partial charge on any atom is -0.338 e. The number of nitrogens with one attached hydrogen (secondary N) is 1. The molecule has 0 aliphatic carbocycles. The van der Waals surface area contributed by atoms with Gasteiger partial charge in [0, 0.05) is 19.6 Å². The van der Waals surface area contributed by atoms with Gasteiger partial charge in [-0.2, -0.15) is 0 Å². The third-order valence-electron chi connectivity index (χ3n) is 4.59. The van der Waals surface area contributed by atoms with E-state index < -0.39 is 9.84 Å². The van der Waals surface area contributed by atoms with Gasteiger partial charge >= 0.3 is 6.03 Å². The van der Waals surface area contributed by atoms with Crippen molar-refractivity contribution in [3.8, 4) is 0 Å². The molecule has 134 valence electrons. The summed E-state index contributed by atoms with van der Waals surface area (Å²) in [5, 5.41) is 2.87. The van der Waals surface area contributed by atoms with E-state index in [1.165, 1.54) is 16.0 Å². The van der Waals surface area contributed by atoms with E-state index in [-0.39, 0.29) is 29.0 Å². The van der Waals surface area contributed by atoms with Gasteiger partial charge in [0.2, 0.25) is 0 Å². The summed E-state index contributed by atoms with van der Waals surface area (Å²) in [4.78, 5) is 13.7. The van der Waals surface area contributed by atoms with Gasteiger partial charge in [-0.05, 0) is 29.4 Å². The van der Waals surface area contributed by atoms with E-state index >= 15 is 0 Å². The number of hydrogen-bond donors (Lipinski definition) is 1. The summed E-state index contributed by atoms with van der Waals surface area (Å²) in [6, 6.07) is 8.05. The lowest BCUT2D eigenvalue weighted by atomic mass is 9.86. The predicted octanol–water partition coefficient (Wildman–Crippen LogP) is 2.36. The number of amides is 2. The molecule has 0 radical (unpaired) electrons. The Morgan fingerprint density at radius 2 is 1.88 bits per heavy atom. The SMILES string of the molecule is CN(C(=O)NCCc1ccc(C(C)(C)C)cc1)C1CCS(=O)(=O)C1. The largest absolute Gasteiger partial charge is 0.338 e. The molecule has 1 unspecified atom stereocenters. The Kier molecular flexibility index (Phi) is 5.58. The third-order valence-corrected chi connectivity index (χ3v) is 6.34. The fourth-order valence-electron chi connectivity index (χ4n) is 2.86. The van der Waals surface area contributed by atoms with E-state index in [0.717, 1.165) is 6.42 Å². The van der Waals surface area contributed by atoms with Crippen molar-refractivity contribution in [2.24, 2.45) is 0 Å². The quantitative estimate of drug-likeness (QED) is 0.904. The number of carbonyl (C=O) groups is 1. The van der Waals surface area contributed by atoms with Crippen LogP contribution in [0.25, 0.3) is 0 Å². The third kappa shape index (κ3) is 4.97. The van der Waals surface area contributed by atoms with Gasteiger partial charge in [0.25, 0.3) is 0 Å². The van der Waals surface area contributed by atoms with Crippen LogP contribution >= 0.6 is 0 Å². The summed E-state index contributed by atoms with van der Waals surface area (Å²) < 4.78 is 23.0. The Hall–Kier alpha value is -1.56. The lowest BCUT2D eigenvalue weighted by molar-refractivity contribution is 0.195. The molecule has 0 aromatic heterocycles. The van der Waals surface area contributed by atoms with E-state index in [0.29, 0.717) is 13.0 Å². The van der Waals surface area contributed by atoms with E-state index in [1.807, 2.05) is 0 Å². The number of rotatable bonds is 4. The Morgan fingerprint density at radius 1 is 1.25 bits per heavy atom. The second-order valence-electron chi connectivity index (χ2n) is 7.60. The van der Waals surface area contributed by atoms with Crippen molar-refractivity contribution in [2.75, 3.05) is 25.1 Å². The molecule has 2 amide bonds. The van der Waals surface area contributed by atoms with Crippen LogP contribution in [-0.4, -0.2) is 50.5 Å². The van der Waals surface area contributed by atoms with Crippen LogP contribution in [0.5, 0.6) is 0 Å². The molecule has 1 heterocycles. The van der Waals surface area contributed by atoms with Crippen molar-refractivity contribution in [3.63, 3.8) is 0 Å². The van der Waals surface area contributed by atoms with Gasteiger partial charge in [-0.1, -0.05) is 45.0 Å². The van der Waals surface area contributed by atoms with Crippen molar-refractivity contribution in [1.29, 1.82) is 0 Å². The summed E-state index contributed by atoms with van der Waals surface area (Å²) in [5.74, 6) is 0.251. The van der Waals surface area contributed by atoms with Crippen LogP contribution in [0.15, 0.2) is 24.3 Å². The number of carbonyl (C=O) groups excluding carboxylic acids is 1. The summed E-state index contributed by atoms with van der Waals surface area (Å²) in [7, 11) is -1.31. The van der Waals surface area contributed by atoms with Gasteiger partial charge in [-0.15, -0.1) is 0 Å². The molecule has 1 saturated heterocycles. The molecule has 24 heavy (non-hydrogen) atoms. The second kappa shape index (κ2) is 7.13. The van der Waals surface area contributed by atoms with E-state index in [1.54, 1.807) is 7.05 Å². The van der Waals surface area contributed by atoms with Crippen LogP contribution < -0.4 is 5.32 Å². The first-order chi connectivity index (χ1) is 11.1. The standard InChI is InChI=1S/C18H28N2O3S/c1-18(2,3)15-7-5-14(6-8-15)9-11-19-17(21)20(4)16-10-12-24(22,23)13-16/h5-8,16H,9-13H2,1-4H3,(H,19,21). The summed E-state index contributed by atoms with van der Waals surface area (Å²) in [6.07, 6.45) is 1.29. The molecule has 1 aliphatic heterocycles. The van der Waals surface area contributed by atoms with Gasteiger partial charge in [0.1, 0.15) is 0 Å². The van der Waals surface area contributed by atoms with E-state index in [2.05, 4.69) is 50.4 Å². The maximum atomic E-state index is 12.1. The Bertz CT molecular complexity index is 675. The van der Waals surface area contributed by atoms with Gasteiger partial charge in [-0.3, -0.25) is 0 Å². The predicted molar refractivity (Wildman–Crippen MR) is 97.1 cm³/mol. The summed E-state index contributed by atoms with van der Waals surface area (Å²) >= 11 is 0. The smallest absolute Gasteiger partial charge is 0.317 e. The first kappa shape index (κ1) is 18.8. The molecular weight excluding hydrogens is 324 g/mol. The van der Waals surface area contributed by atoms with E-state index in [4.69, 9.17) is 0 Å². The van der Waals surface area contributed by atoms with Gasteiger partial charge < -0.3 is 10.2 Å². The summed E-state index contributed by atoms with van der Waals surface area (Å²) in [6.45, 7) is 7.08. The number of urea groups is 1. The van der Waals surface area contributed by atoms with Crippen molar-refractivity contribution in [1.82, 2.24) is 10.2 Å². The zero-order valence-corrected chi connectivity index (χ0v) is 15.8. The molecule has 1 aromatic carbocycles. The van der Waals surface area contributed by atoms with Gasteiger partial charge in [0.05, 0.1) is 11.5 Å². The second-order valence-corrected chi connectivity index (χ2v) is 9.83. The minimum atomic E-state index is -2.98. The molecule has 6 heteroatoms. The Labute approximate surface area is 145 Å². The molecule has 1 aliphatic rings. The number of benzene rings is 1. The molecule has 0 saturated carbocycles. The molecule has 1 aromatic rings. The average Bonchev–Trinajstić information content (AvgIpc) is 2.86. The Morgan fingerprint density at radius 3 is 2.38 bits per heavy atom. The fourth-order valence-corrected chi connectivity index (χ4v) is 4.63. The van der Waals surface area contributed by atoms with Crippen molar-refractivity contribution in [2.45, 2.75) is 45.1 Å². The van der Waals surface area contributed by atoms with E-state index in [9.17, 15) is 13.2 Å². The van der Waals surface area contributed by atoms with Crippen LogP contribution in [0.2, 0.25) is 0 Å². The van der Waals surface area contributed by atoms with Gasteiger partial charge in [-0.25, -0.2) is 13.2 Å². The van der Waals surface area contributed by atoms with Crippen LogP contribution in [0.4, 0.5) is 4.79 Å². The fraction of sp³-hybridized carbons (Fsp3) is 0.611. The van der Waals surface area contributed by atoms with Crippen molar-refractivity contribution in [3.05, 3.63) is 35.4 Å². The van der Waals surface area contributed by atoms with Crippen LogP contribution in [0, 0.1) is 0 Å². The lowest BCUT2D eigenvalue weighted by Crippen LogP contribution is -2.44. The normalized spacial score (nSPS) is 19.9. The first-order valence-corrected chi connectivity index (χ1v) is 10.2. The molecule has 1 fully saturated rings. The highest BCUT2D eigenvalue weighted by atomic mass is 32.2. The number of hydrogen-bond acceptors (Lipinski definition) is 3. The lowest BCUT2D eigenvalue weighted by Gasteiger charge is -2.23. The summed E-state index contributed by atoms with van der Waals surface area (Å²) in [5.41, 5.74) is 2.60. The van der Waals surface area contributed by atoms with Crippen molar-refractivity contribution < 1.29 is 13.2 Å². The highest BCUT2D eigenvalue weighted by Crippen LogP contribution is 2.22. The highest BCUT2D eigenvalue weighted by molar-refractivity contribution is 7.91. The highest BCUT2D eigenvalue weighted by Gasteiger charge is 2.32. The molecule has 0 spiro atoms. The molecule has 0 bridgehead atoms. The topological polar surface area (TPSA) is 66.5 Å². The van der Waals surface area contributed by atoms with Crippen molar-refractivity contribution >= 4 is 15.9 Å². The molecule has 1 N–H and O–H groups in total. The van der Waals surface area contributed by atoms with Crippen LogP contribution in [-0.2, 0) is 21.7 Å². The Balaban J connectivity index is 1.80. The number of nitrogens with zero attached hydrogens (tertiary/aromatic N) is 1. The zero-order valence-electron chi connectivity index (χ0n) is 15.0. The molecule has 1 atom stereocenters. The molecular formula is C18H28N2O3S. The maximum absolute atomic E-state index is 12.1. The first-order valence-electron chi connectivity index (χ1n) is 8.39. The maximum Gasteiger partial charge on any atom is 0.317 e. The minimum absolute atomic E-state index is 0.0746. The average molecular weight is 353 g/mol.